The van der Waals surface area contributed by atoms with E-state index in [0.717, 1.165) is 6.26 Å². The average molecular weight is 334 g/mol. The summed E-state index contributed by atoms with van der Waals surface area (Å²) in [4.78, 5) is 27.0. The lowest BCUT2D eigenvalue weighted by atomic mass is 10.1. The Labute approximate surface area is 134 Å². The third-order valence-corrected chi connectivity index (χ3v) is 4.65. The lowest BCUT2D eigenvalue weighted by molar-refractivity contribution is 0.101. The first-order valence-corrected chi connectivity index (χ1v) is 8.82. The van der Waals surface area contributed by atoms with E-state index in [4.69, 9.17) is 0 Å². The molecule has 7 heteroatoms. The number of Topliss-reactive ketones (excluding diaryl/α,β-unsaturated/α-hetero) is 1. The van der Waals surface area contributed by atoms with Gasteiger partial charge in [0.05, 0.1) is 4.90 Å². The minimum atomic E-state index is -3.35. The van der Waals surface area contributed by atoms with E-state index < -0.39 is 15.7 Å². The van der Waals surface area contributed by atoms with Crippen LogP contribution in [0.2, 0.25) is 0 Å². The van der Waals surface area contributed by atoms with Crippen molar-refractivity contribution in [3.8, 4) is 0 Å². The second-order valence-corrected chi connectivity index (χ2v) is 7.45. The van der Waals surface area contributed by atoms with Crippen LogP contribution in [0.1, 0.15) is 39.0 Å². The summed E-state index contributed by atoms with van der Waals surface area (Å²) in [5, 5.41) is 2.65. The van der Waals surface area contributed by atoms with Crippen LogP contribution in [0.15, 0.2) is 29.2 Å². The van der Waals surface area contributed by atoms with Crippen LogP contribution in [0.25, 0.3) is 0 Å². The van der Waals surface area contributed by atoms with E-state index in [1.807, 2.05) is 0 Å². The zero-order chi connectivity index (χ0) is 17.4. The number of rotatable bonds is 4. The van der Waals surface area contributed by atoms with E-state index in [1.54, 1.807) is 26.0 Å². The molecule has 1 heterocycles. The minimum absolute atomic E-state index is 0.116. The van der Waals surface area contributed by atoms with Crippen LogP contribution in [0.3, 0.4) is 0 Å². The smallest absolute Gasteiger partial charge is 0.272 e. The third kappa shape index (κ3) is 3.50. The van der Waals surface area contributed by atoms with E-state index in [9.17, 15) is 18.0 Å². The summed E-state index contributed by atoms with van der Waals surface area (Å²) in [7, 11) is -3.35. The highest BCUT2D eigenvalue weighted by atomic mass is 32.2. The lowest BCUT2D eigenvalue weighted by Gasteiger charge is -2.06. The first-order valence-electron chi connectivity index (χ1n) is 6.93. The standard InChI is InChI=1S/C16H18N2O4S/c1-9-14(11(3)19)10(2)17-15(9)16(20)18-12-6-5-7-13(8-12)23(4,21)22/h5-8,17H,1-4H3,(H,18,20). The average Bonchev–Trinajstić information content (AvgIpc) is 2.73. The molecule has 0 saturated heterocycles. The quantitative estimate of drug-likeness (QED) is 0.840. The number of carbonyl (C=O) groups excluding carboxylic acids is 2. The van der Waals surface area contributed by atoms with Crippen molar-refractivity contribution in [3.05, 3.63) is 46.8 Å². The number of carbonyl (C=O) groups is 2. The maximum atomic E-state index is 12.4. The van der Waals surface area contributed by atoms with Crippen molar-refractivity contribution in [1.82, 2.24) is 4.98 Å². The molecule has 122 valence electrons. The molecule has 0 spiro atoms. The Balaban J connectivity index is 2.34. The van der Waals surface area contributed by atoms with Crippen LogP contribution in [0, 0.1) is 13.8 Å². The molecular formula is C16H18N2O4S. The molecule has 6 nitrogen and oxygen atoms in total. The summed E-state index contributed by atoms with van der Waals surface area (Å²) < 4.78 is 23.1. The summed E-state index contributed by atoms with van der Waals surface area (Å²) in [6.07, 6.45) is 1.10. The lowest BCUT2D eigenvalue weighted by Crippen LogP contribution is -2.14. The summed E-state index contributed by atoms with van der Waals surface area (Å²) in [5.74, 6) is -0.543. The van der Waals surface area contributed by atoms with Crippen molar-refractivity contribution in [2.24, 2.45) is 0 Å². The SMILES string of the molecule is CC(=O)c1c(C)[nH]c(C(=O)Nc2cccc(S(C)(=O)=O)c2)c1C. The molecule has 2 rings (SSSR count). The highest BCUT2D eigenvalue weighted by Gasteiger charge is 2.20. The zero-order valence-electron chi connectivity index (χ0n) is 13.4. The Morgan fingerprint density at radius 3 is 2.35 bits per heavy atom. The fraction of sp³-hybridized carbons (Fsp3) is 0.250. The van der Waals surface area contributed by atoms with Gasteiger partial charge in [-0.3, -0.25) is 9.59 Å². The Morgan fingerprint density at radius 2 is 1.83 bits per heavy atom. The number of ketones is 1. The van der Waals surface area contributed by atoms with E-state index in [1.165, 1.54) is 19.1 Å². The minimum Gasteiger partial charge on any atom is -0.354 e. The van der Waals surface area contributed by atoms with Gasteiger partial charge < -0.3 is 10.3 Å². The molecule has 23 heavy (non-hydrogen) atoms. The number of nitrogens with one attached hydrogen (secondary N) is 2. The van der Waals surface area contributed by atoms with Crippen LogP contribution in [0.5, 0.6) is 0 Å². The number of benzene rings is 1. The molecule has 1 aromatic carbocycles. The van der Waals surface area contributed by atoms with Gasteiger partial charge in [0.25, 0.3) is 5.91 Å². The summed E-state index contributed by atoms with van der Waals surface area (Å²) in [6.45, 7) is 4.87. The Bertz CT molecular complexity index is 895. The van der Waals surface area contributed by atoms with Gasteiger partial charge in [-0.1, -0.05) is 6.07 Å². The Kier molecular flexibility index (Phi) is 4.42. The molecule has 0 atom stereocenters. The number of aryl methyl sites for hydroxylation is 1. The summed E-state index contributed by atoms with van der Waals surface area (Å²) in [5.41, 5.74) is 2.36. The van der Waals surface area contributed by atoms with E-state index >= 15 is 0 Å². The fourth-order valence-electron chi connectivity index (χ4n) is 2.50. The monoisotopic (exact) mass is 334 g/mol. The van der Waals surface area contributed by atoms with E-state index in [2.05, 4.69) is 10.3 Å². The summed E-state index contributed by atoms with van der Waals surface area (Å²) in [6, 6.07) is 6.01. The van der Waals surface area contributed by atoms with Gasteiger partial charge in [0.2, 0.25) is 0 Å². The number of aromatic nitrogens is 1. The Morgan fingerprint density at radius 1 is 1.17 bits per heavy atom. The largest absolute Gasteiger partial charge is 0.354 e. The van der Waals surface area contributed by atoms with Gasteiger partial charge in [-0.05, 0) is 44.5 Å². The molecule has 0 fully saturated rings. The molecule has 0 aliphatic rings. The number of aromatic amines is 1. The first kappa shape index (κ1) is 17.0. The maximum absolute atomic E-state index is 12.4. The predicted molar refractivity (Wildman–Crippen MR) is 87.8 cm³/mol. The fourth-order valence-corrected chi connectivity index (χ4v) is 3.17. The van der Waals surface area contributed by atoms with Crippen molar-refractivity contribution in [2.45, 2.75) is 25.7 Å². The van der Waals surface area contributed by atoms with Crippen LogP contribution >= 0.6 is 0 Å². The van der Waals surface area contributed by atoms with Gasteiger partial charge >= 0.3 is 0 Å². The van der Waals surface area contributed by atoms with Crippen molar-refractivity contribution < 1.29 is 18.0 Å². The van der Waals surface area contributed by atoms with Crippen molar-refractivity contribution in [1.29, 1.82) is 0 Å². The van der Waals surface area contributed by atoms with Gasteiger partial charge in [-0.25, -0.2) is 8.42 Å². The number of anilines is 1. The predicted octanol–water partition coefficient (Wildman–Crippen LogP) is 2.49. The second-order valence-electron chi connectivity index (χ2n) is 5.44. The van der Waals surface area contributed by atoms with Gasteiger partial charge in [-0.2, -0.15) is 0 Å². The van der Waals surface area contributed by atoms with Crippen LogP contribution < -0.4 is 5.32 Å². The highest BCUT2D eigenvalue weighted by molar-refractivity contribution is 7.90. The normalized spacial score (nSPS) is 11.3. The third-order valence-electron chi connectivity index (χ3n) is 3.54. The molecule has 0 aliphatic heterocycles. The van der Waals surface area contributed by atoms with Gasteiger partial charge in [-0.15, -0.1) is 0 Å². The first-order chi connectivity index (χ1) is 10.6. The summed E-state index contributed by atoms with van der Waals surface area (Å²) >= 11 is 0. The molecular weight excluding hydrogens is 316 g/mol. The van der Waals surface area contributed by atoms with Crippen LogP contribution in [0.4, 0.5) is 5.69 Å². The van der Waals surface area contributed by atoms with E-state index in [-0.39, 0.29) is 16.4 Å². The molecule has 0 bridgehead atoms. The molecule has 1 aromatic heterocycles. The molecule has 0 unspecified atom stereocenters. The Hall–Kier alpha value is -2.41. The van der Waals surface area contributed by atoms with Crippen molar-refractivity contribution in [2.75, 3.05) is 11.6 Å². The number of hydrogen-bond acceptors (Lipinski definition) is 4. The van der Waals surface area contributed by atoms with Gasteiger partial charge in [0, 0.05) is 23.2 Å². The van der Waals surface area contributed by atoms with Gasteiger partial charge in [0.15, 0.2) is 15.6 Å². The molecule has 1 amide bonds. The van der Waals surface area contributed by atoms with Crippen LogP contribution in [-0.4, -0.2) is 31.3 Å². The number of hydrogen-bond donors (Lipinski definition) is 2. The molecule has 0 radical (unpaired) electrons. The molecule has 2 N–H and O–H groups in total. The topological polar surface area (TPSA) is 96.1 Å². The van der Waals surface area contributed by atoms with Crippen molar-refractivity contribution >= 4 is 27.2 Å². The molecule has 0 aliphatic carbocycles. The van der Waals surface area contributed by atoms with Gasteiger partial charge in [0.1, 0.15) is 5.69 Å². The van der Waals surface area contributed by atoms with Crippen LogP contribution in [-0.2, 0) is 9.84 Å². The number of amides is 1. The zero-order valence-corrected chi connectivity index (χ0v) is 14.2. The number of sulfone groups is 1. The van der Waals surface area contributed by atoms with Crippen molar-refractivity contribution in [3.63, 3.8) is 0 Å². The molecule has 2 aromatic rings. The number of H-pyrrole nitrogens is 1. The van der Waals surface area contributed by atoms with E-state index in [0.29, 0.717) is 22.5 Å². The molecule has 0 saturated carbocycles. The maximum Gasteiger partial charge on any atom is 0.272 e. The second kappa shape index (κ2) is 6.00. The highest BCUT2D eigenvalue weighted by Crippen LogP contribution is 2.21.